The molecule has 172 valence electrons. The average molecular weight is 438 g/mol. The number of ether oxygens (including phenoxy) is 2. The lowest BCUT2D eigenvalue weighted by atomic mass is 10.0. The molecule has 1 unspecified atom stereocenters. The Balaban J connectivity index is 0.000000512. The van der Waals surface area contributed by atoms with Gasteiger partial charge in [0.2, 0.25) is 5.91 Å². The molecule has 1 aliphatic heterocycles. The Morgan fingerprint density at radius 3 is 2.26 bits per heavy atom. The van der Waals surface area contributed by atoms with Crippen LogP contribution in [-0.2, 0) is 20.8 Å². The maximum Gasteiger partial charge on any atom is 0.328 e. The van der Waals surface area contributed by atoms with E-state index in [0.717, 1.165) is 5.56 Å². The van der Waals surface area contributed by atoms with Crippen LogP contribution < -0.4 is 20.1 Å². The van der Waals surface area contributed by atoms with Crippen LogP contribution in [0.2, 0.25) is 0 Å². The quantitative estimate of drug-likeness (QED) is 0.379. The first kappa shape index (κ1) is 25.9. The van der Waals surface area contributed by atoms with E-state index in [0.29, 0.717) is 48.7 Å². The monoisotopic (exact) mass is 438 g/mol. The van der Waals surface area contributed by atoms with Crippen molar-refractivity contribution < 1.29 is 39.2 Å². The van der Waals surface area contributed by atoms with Crippen molar-refractivity contribution in [3.8, 4) is 11.5 Å². The number of aliphatic carboxylic acids is 2. The fourth-order valence-corrected chi connectivity index (χ4v) is 2.55. The van der Waals surface area contributed by atoms with Crippen LogP contribution in [0, 0.1) is 0 Å². The number of fused-ring (bicyclic) bond motifs is 1. The lowest BCUT2D eigenvalue weighted by molar-refractivity contribution is -0.134. The number of aliphatic hydroxyl groups is 1. The molecule has 1 aromatic rings. The number of methoxy groups -OCH3 is 1. The molecule has 0 bridgehead atoms. The number of β-amino-alcohol motifs (C(OH)–C–C–N with tert-alkyl or cyclic N) is 1. The van der Waals surface area contributed by atoms with Crippen molar-refractivity contribution >= 4 is 23.5 Å². The van der Waals surface area contributed by atoms with E-state index in [4.69, 9.17) is 19.7 Å². The molecule has 1 amide bonds. The number of carbonyl (C=O) groups is 3. The molecule has 31 heavy (non-hydrogen) atoms. The van der Waals surface area contributed by atoms with Gasteiger partial charge in [-0.05, 0) is 39.3 Å². The first-order chi connectivity index (χ1) is 14.4. The molecule has 1 aromatic carbocycles. The zero-order valence-electron chi connectivity index (χ0n) is 18.1. The maximum absolute atomic E-state index is 11.6. The second-order valence-corrected chi connectivity index (χ2v) is 7.77. The van der Waals surface area contributed by atoms with Gasteiger partial charge in [0.1, 0.15) is 24.2 Å². The summed E-state index contributed by atoms with van der Waals surface area (Å²) in [7, 11) is 1.57. The number of benzene rings is 1. The van der Waals surface area contributed by atoms with Gasteiger partial charge in [0.15, 0.2) is 0 Å². The minimum Gasteiger partial charge on any atom is -0.495 e. The molecule has 0 aliphatic carbocycles. The zero-order valence-corrected chi connectivity index (χ0v) is 18.1. The van der Waals surface area contributed by atoms with E-state index in [-0.39, 0.29) is 18.1 Å². The Hall–Kier alpha value is -3.11. The van der Waals surface area contributed by atoms with Gasteiger partial charge >= 0.3 is 11.9 Å². The molecule has 10 nitrogen and oxygen atoms in total. The van der Waals surface area contributed by atoms with E-state index in [1.807, 2.05) is 26.8 Å². The highest BCUT2D eigenvalue weighted by Crippen LogP contribution is 2.38. The number of anilines is 1. The summed E-state index contributed by atoms with van der Waals surface area (Å²) in [5, 5.41) is 31.7. The van der Waals surface area contributed by atoms with Crippen LogP contribution in [0.15, 0.2) is 24.3 Å². The molecule has 0 spiro atoms. The Bertz CT molecular complexity index is 798. The highest BCUT2D eigenvalue weighted by atomic mass is 16.5. The summed E-state index contributed by atoms with van der Waals surface area (Å²) in [6, 6.07) is 3.58. The number of aliphatic hydroxyl groups excluding tert-OH is 1. The van der Waals surface area contributed by atoms with Crippen LogP contribution in [0.4, 0.5) is 5.69 Å². The smallest absolute Gasteiger partial charge is 0.328 e. The van der Waals surface area contributed by atoms with Crippen LogP contribution in [0.1, 0.15) is 32.8 Å². The van der Waals surface area contributed by atoms with Crippen molar-refractivity contribution in [2.45, 2.75) is 45.3 Å². The van der Waals surface area contributed by atoms with Crippen molar-refractivity contribution in [3.05, 3.63) is 29.8 Å². The van der Waals surface area contributed by atoms with E-state index in [9.17, 15) is 19.5 Å². The van der Waals surface area contributed by atoms with Crippen molar-refractivity contribution in [1.82, 2.24) is 5.32 Å². The SMILES string of the molecule is COc1ccc(OCC(O)CNC(C)(C)C)c2c1NC(=O)CC2.O=C(O)/C=C\C(=O)O. The van der Waals surface area contributed by atoms with E-state index in [1.54, 1.807) is 13.2 Å². The lowest BCUT2D eigenvalue weighted by Crippen LogP contribution is -2.42. The van der Waals surface area contributed by atoms with Crippen LogP contribution in [-0.4, -0.2) is 65.1 Å². The maximum atomic E-state index is 11.6. The summed E-state index contributed by atoms with van der Waals surface area (Å²) in [6.07, 6.45) is 1.53. The largest absolute Gasteiger partial charge is 0.495 e. The van der Waals surface area contributed by atoms with E-state index in [2.05, 4.69) is 10.6 Å². The first-order valence-corrected chi connectivity index (χ1v) is 9.62. The average Bonchev–Trinajstić information content (AvgIpc) is 2.68. The molecular formula is C21H30N2O8. The molecule has 1 heterocycles. The number of amides is 1. The molecule has 0 saturated carbocycles. The van der Waals surface area contributed by atoms with Crippen molar-refractivity contribution in [3.63, 3.8) is 0 Å². The van der Waals surface area contributed by atoms with Gasteiger partial charge in [0.25, 0.3) is 0 Å². The standard InChI is InChI=1S/C17H26N2O4.C4H4O4/c1-17(2,3)18-9-11(20)10-23-13-6-7-14(22-4)16-12(13)5-8-15(21)19-16;5-3(6)1-2-4(7)8/h6-7,11,18,20H,5,8-10H2,1-4H3,(H,19,21);1-2H,(H,5,6)(H,7,8)/b;2-1-. The predicted octanol–water partition coefficient (Wildman–Crippen LogP) is 1.42. The molecule has 1 atom stereocenters. The summed E-state index contributed by atoms with van der Waals surface area (Å²) in [6.45, 7) is 6.78. The molecule has 0 radical (unpaired) electrons. The number of nitrogens with one attached hydrogen (secondary N) is 2. The van der Waals surface area contributed by atoms with Gasteiger partial charge in [-0.3, -0.25) is 4.79 Å². The predicted molar refractivity (Wildman–Crippen MR) is 114 cm³/mol. The Labute approximate surface area is 180 Å². The molecule has 1 aliphatic rings. The third-order valence-electron chi connectivity index (χ3n) is 3.99. The van der Waals surface area contributed by atoms with Crippen LogP contribution in [0.5, 0.6) is 11.5 Å². The molecular weight excluding hydrogens is 408 g/mol. The highest BCUT2D eigenvalue weighted by molar-refractivity contribution is 5.96. The number of carbonyl (C=O) groups excluding carboxylic acids is 1. The molecule has 0 aromatic heterocycles. The number of rotatable bonds is 8. The van der Waals surface area contributed by atoms with Gasteiger partial charge < -0.3 is 35.4 Å². The second-order valence-electron chi connectivity index (χ2n) is 7.77. The third kappa shape index (κ3) is 9.96. The minimum absolute atomic E-state index is 0.0256. The molecule has 0 saturated heterocycles. The van der Waals surface area contributed by atoms with Gasteiger partial charge in [-0.1, -0.05) is 0 Å². The van der Waals surface area contributed by atoms with Gasteiger partial charge in [0, 0.05) is 36.2 Å². The zero-order chi connectivity index (χ0) is 23.6. The number of hydrogen-bond donors (Lipinski definition) is 5. The van der Waals surface area contributed by atoms with Crippen LogP contribution in [0.25, 0.3) is 0 Å². The number of hydrogen-bond acceptors (Lipinski definition) is 7. The Morgan fingerprint density at radius 1 is 1.16 bits per heavy atom. The van der Waals surface area contributed by atoms with Crippen molar-refractivity contribution in [1.29, 1.82) is 0 Å². The van der Waals surface area contributed by atoms with Gasteiger partial charge in [-0.2, -0.15) is 0 Å². The number of carboxylic acid groups (broad SMARTS) is 2. The normalized spacial score (nSPS) is 14.0. The summed E-state index contributed by atoms with van der Waals surface area (Å²) in [5.41, 5.74) is 1.54. The summed E-state index contributed by atoms with van der Waals surface area (Å²) >= 11 is 0. The Kier molecular flexibility index (Phi) is 9.97. The van der Waals surface area contributed by atoms with Crippen LogP contribution >= 0.6 is 0 Å². The van der Waals surface area contributed by atoms with E-state index in [1.165, 1.54) is 0 Å². The van der Waals surface area contributed by atoms with Gasteiger partial charge in [-0.25, -0.2) is 9.59 Å². The number of carboxylic acids is 2. The molecule has 5 N–H and O–H groups in total. The highest BCUT2D eigenvalue weighted by Gasteiger charge is 2.23. The summed E-state index contributed by atoms with van der Waals surface area (Å²) < 4.78 is 11.1. The van der Waals surface area contributed by atoms with E-state index < -0.39 is 18.0 Å². The first-order valence-electron chi connectivity index (χ1n) is 9.62. The second kappa shape index (κ2) is 11.9. The van der Waals surface area contributed by atoms with Crippen molar-refractivity contribution in [2.24, 2.45) is 0 Å². The molecule has 0 fully saturated rings. The topological polar surface area (TPSA) is 154 Å². The molecule has 2 rings (SSSR count). The molecule has 10 heteroatoms. The fraction of sp³-hybridized carbons (Fsp3) is 0.476. The lowest BCUT2D eigenvalue weighted by Gasteiger charge is -2.25. The Morgan fingerprint density at radius 2 is 1.74 bits per heavy atom. The fourth-order valence-electron chi connectivity index (χ4n) is 2.55. The minimum atomic E-state index is -1.26. The van der Waals surface area contributed by atoms with Gasteiger partial charge in [-0.15, -0.1) is 0 Å². The van der Waals surface area contributed by atoms with E-state index >= 15 is 0 Å². The van der Waals surface area contributed by atoms with Crippen molar-refractivity contribution in [2.75, 3.05) is 25.6 Å². The van der Waals surface area contributed by atoms with Crippen LogP contribution in [0.3, 0.4) is 0 Å². The van der Waals surface area contributed by atoms with Gasteiger partial charge in [0.05, 0.1) is 12.8 Å². The third-order valence-corrected chi connectivity index (χ3v) is 3.99. The summed E-state index contributed by atoms with van der Waals surface area (Å²) in [4.78, 5) is 30.7. The summed E-state index contributed by atoms with van der Waals surface area (Å²) in [5.74, 6) is -1.24.